The Morgan fingerprint density at radius 1 is 1.19 bits per heavy atom. The lowest BCUT2D eigenvalue weighted by molar-refractivity contribution is -0.122. The van der Waals surface area contributed by atoms with Crippen molar-refractivity contribution in [2.45, 2.75) is 25.3 Å². The minimum absolute atomic E-state index is 0.0521. The van der Waals surface area contributed by atoms with E-state index in [1.165, 1.54) is 7.11 Å². The minimum Gasteiger partial charge on any atom is -0.497 e. The second-order valence-corrected chi connectivity index (χ2v) is 7.58. The van der Waals surface area contributed by atoms with Gasteiger partial charge in [0.05, 0.1) is 31.9 Å². The van der Waals surface area contributed by atoms with E-state index in [-0.39, 0.29) is 12.5 Å². The lowest BCUT2D eigenvalue weighted by Crippen LogP contribution is -2.41. The number of rotatable bonds is 8. The van der Waals surface area contributed by atoms with Gasteiger partial charge in [-0.2, -0.15) is 0 Å². The van der Waals surface area contributed by atoms with Crippen molar-refractivity contribution < 1.29 is 19.1 Å². The van der Waals surface area contributed by atoms with Crippen LogP contribution in [0.3, 0.4) is 0 Å². The molecule has 2 aromatic carbocycles. The Morgan fingerprint density at radius 2 is 1.94 bits per heavy atom. The first-order chi connectivity index (χ1) is 14.9. The number of hydrogen-bond donors (Lipinski definition) is 1. The van der Waals surface area contributed by atoms with Crippen molar-refractivity contribution in [2.24, 2.45) is 0 Å². The molecule has 6 heteroatoms. The molecule has 1 aliphatic heterocycles. The molecule has 3 rings (SSSR count). The summed E-state index contributed by atoms with van der Waals surface area (Å²) in [7, 11) is 2.92. The van der Waals surface area contributed by atoms with Crippen LogP contribution in [0.1, 0.15) is 24.5 Å². The van der Waals surface area contributed by atoms with Crippen LogP contribution in [0.5, 0.6) is 5.75 Å². The molecule has 1 aliphatic rings. The number of anilines is 1. The molecular formula is C25H28N2O4. The van der Waals surface area contributed by atoms with Crippen molar-refractivity contribution in [1.82, 2.24) is 5.32 Å². The number of hydrogen-bond acceptors (Lipinski definition) is 4. The van der Waals surface area contributed by atoms with Crippen LogP contribution in [0.2, 0.25) is 0 Å². The van der Waals surface area contributed by atoms with Gasteiger partial charge >= 0.3 is 6.09 Å². The van der Waals surface area contributed by atoms with Crippen LogP contribution in [-0.2, 0) is 21.5 Å². The molecule has 0 spiro atoms. The predicted octanol–water partition coefficient (Wildman–Crippen LogP) is 4.36. The molecule has 1 heterocycles. The van der Waals surface area contributed by atoms with E-state index in [1.54, 1.807) is 12.0 Å². The molecule has 0 saturated carbocycles. The topological polar surface area (TPSA) is 67.9 Å². The summed E-state index contributed by atoms with van der Waals surface area (Å²) < 4.78 is 10.1. The van der Waals surface area contributed by atoms with E-state index < -0.39 is 11.5 Å². The number of benzene rings is 2. The molecule has 6 nitrogen and oxygen atoms in total. The summed E-state index contributed by atoms with van der Waals surface area (Å²) in [5, 5.41) is 2.70. The SMILES string of the molecule is C=C(C)/C=C/[C@@]1(CCNC(=O)OC)C(=O)N(Cc2ccccc2)c2cc(OC)ccc21. The van der Waals surface area contributed by atoms with Crippen molar-refractivity contribution >= 4 is 17.7 Å². The lowest BCUT2D eigenvalue weighted by atomic mass is 9.78. The monoisotopic (exact) mass is 420 g/mol. The van der Waals surface area contributed by atoms with Crippen LogP contribution in [-0.4, -0.2) is 32.8 Å². The Hall–Kier alpha value is -3.54. The highest BCUT2D eigenvalue weighted by Gasteiger charge is 2.49. The van der Waals surface area contributed by atoms with Gasteiger partial charge in [0.2, 0.25) is 5.91 Å². The molecule has 0 aliphatic carbocycles. The fourth-order valence-corrected chi connectivity index (χ4v) is 3.83. The number of methoxy groups -OCH3 is 2. The van der Waals surface area contributed by atoms with E-state index in [4.69, 9.17) is 4.74 Å². The molecule has 0 unspecified atom stereocenters. The maximum absolute atomic E-state index is 13.9. The van der Waals surface area contributed by atoms with E-state index in [9.17, 15) is 9.59 Å². The predicted molar refractivity (Wildman–Crippen MR) is 121 cm³/mol. The van der Waals surface area contributed by atoms with Gasteiger partial charge in [-0.1, -0.05) is 60.7 Å². The first kappa shape index (κ1) is 22.2. The first-order valence-corrected chi connectivity index (χ1v) is 10.1. The number of ether oxygens (including phenoxy) is 2. The van der Waals surface area contributed by atoms with Gasteiger partial charge in [-0.3, -0.25) is 4.79 Å². The van der Waals surface area contributed by atoms with Crippen molar-refractivity contribution in [1.29, 1.82) is 0 Å². The van der Waals surface area contributed by atoms with Gasteiger partial charge in [-0.15, -0.1) is 0 Å². The Bertz CT molecular complexity index is 1000. The third-order valence-corrected chi connectivity index (χ3v) is 5.41. The number of fused-ring (bicyclic) bond motifs is 1. The highest BCUT2D eigenvalue weighted by Crippen LogP contribution is 2.47. The van der Waals surface area contributed by atoms with E-state index in [2.05, 4.69) is 16.6 Å². The second-order valence-electron chi connectivity index (χ2n) is 7.58. The van der Waals surface area contributed by atoms with E-state index in [0.29, 0.717) is 18.7 Å². The number of carbonyl (C=O) groups is 2. The zero-order valence-corrected chi connectivity index (χ0v) is 18.2. The average Bonchev–Trinajstić information content (AvgIpc) is 3.00. The average molecular weight is 421 g/mol. The highest BCUT2D eigenvalue weighted by atomic mass is 16.5. The molecule has 0 aromatic heterocycles. The summed E-state index contributed by atoms with van der Waals surface area (Å²) in [4.78, 5) is 27.3. The number of alkyl carbamates (subject to hydrolysis) is 1. The number of nitrogens with zero attached hydrogens (tertiary/aromatic N) is 1. The summed E-state index contributed by atoms with van der Waals surface area (Å²) >= 11 is 0. The summed E-state index contributed by atoms with van der Waals surface area (Å²) in [5.74, 6) is 0.626. The molecule has 0 radical (unpaired) electrons. The fourth-order valence-electron chi connectivity index (χ4n) is 3.83. The zero-order valence-electron chi connectivity index (χ0n) is 18.2. The number of allylic oxidation sites excluding steroid dienone is 2. The molecule has 162 valence electrons. The number of amides is 2. The third-order valence-electron chi connectivity index (χ3n) is 5.41. The standard InChI is InChI=1S/C25H28N2O4/c1-18(2)12-13-25(14-15-26-24(29)31-4)21-11-10-20(30-3)16-22(21)27(23(25)28)17-19-8-6-5-7-9-19/h5-13,16H,1,14-15,17H2,2-4H3,(H,26,29)/b13-12+/t25-/m0/s1. The van der Waals surface area contributed by atoms with Gasteiger partial charge < -0.3 is 19.7 Å². The molecule has 31 heavy (non-hydrogen) atoms. The normalized spacial score (nSPS) is 17.5. The molecule has 0 saturated heterocycles. The first-order valence-electron chi connectivity index (χ1n) is 10.1. The molecular weight excluding hydrogens is 392 g/mol. The summed E-state index contributed by atoms with van der Waals surface area (Å²) in [5.41, 5.74) is 2.61. The smallest absolute Gasteiger partial charge is 0.406 e. The van der Waals surface area contributed by atoms with Gasteiger partial charge in [-0.25, -0.2) is 4.79 Å². The van der Waals surface area contributed by atoms with Crippen molar-refractivity contribution in [2.75, 3.05) is 25.7 Å². The van der Waals surface area contributed by atoms with Crippen LogP contribution in [0.4, 0.5) is 10.5 Å². The van der Waals surface area contributed by atoms with Crippen molar-refractivity contribution in [3.63, 3.8) is 0 Å². The fraction of sp³-hybridized carbons (Fsp3) is 0.280. The number of carbonyl (C=O) groups excluding carboxylic acids is 2. The molecule has 2 aromatic rings. The minimum atomic E-state index is -0.934. The van der Waals surface area contributed by atoms with E-state index >= 15 is 0 Å². The van der Waals surface area contributed by atoms with Crippen molar-refractivity contribution in [3.05, 3.63) is 84.0 Å². The lowest BCUT2D eigenvalue weighted by Gasteiger charge is -2.26. The highest BCUT2D eigenvalue weighted by molar-refractivity contribution is 6.09. The van der Waals surface area contributed by atoms with E-state index in [0.717, 1.165) is 22.4 Å². The van der Waals surface area contributed by atoms with Gasteiger partial charge in [0, 0.05) is 12.6 Å². The van der Waals surface area contributed by atoms with Crippen LogP contribution in [0.25, 0.3) is 0 Å². The summed E-state index contributed by atoms with van der Waals surface area (Å²) in [6.07, 6.45) is 3.61. The Morgan fingerprint density at radius 3 is 2.58 bits per heavy atom. The molecule has 1 N–H and O–H groups in total. The largest absolute Gasteiger partial charge is 0.497 e. The van der Waals surface area contributed by atoms with Crippen molar-refractivity contribution in [3.8, 4) is 5.75 Å². The summed E-state index contributed by atoms with van der Waals surface area (Å²) in [6, 6.07) is 15.5. The van der Waals surface area contributed by atoms with Crippen LogP contribution in [0, 0.1) is 0 Å². The Kier molecular flexibility index (Phi) is 6.80. The molecule has 1 atom stereocenters. The maximum Gasteiger partial charge on any atom is 0.406 e. The van der Waals surface area contributed by atoms with E-state index in [1.807, 2.05) is 67.6 Å². The van der Waals surface area contributed by atoms with Gasteiger partial charge in [-0.05, 0) is 30.5 Å². The van der Waals surface area contributed by atoms with Gasteiger partial charge in [0.25, 0.3) is 0 Å². The molecule has 2 amide bonds. The zero-order chi connectivity index (χ0) is 22.4. The Labute approximate surface area is 183 Å². The quantitative estimate of drug-likeness (QED) is 0.645. The second kappa shape index (κ2) is 9.51. The summed E-state index contributed by atoms with van der Waals surface area (Å²) in [6.45, 7) is 6.54. The van der Waals surface area contributed by atoms with Crippen LogP contribution in [0.15, 0.2) is 72.8 Å². The maximum atomic E-state index is 13.9. The molecule has 0 fully saturated rings. The van der Waals surface area contributed by atoms with Crippen LogP contribution >= 0.6 is 0 Å². The molecule has 0 bridgehead atoms. The van der Waals surface area contributed by atoms with Gasteiger partial charge in [0.1, 0.15) is 5.75 Å². The number of nitrogens with one attached hydrogen (secondary N) is 1. The third kappa shape index (κ3) is 4.63. The van der Waals surface area contributed by atoms with Crippen LogP contribution < -0.4 is 15.0 Å². The van der Waals surface area contributed by atoms with Gasteiger partial charge in [0.15, 0.2) is 0 Å². The Balaban J connectivity index is 2.07.